The van der Waals surface area contributed by atoms with Crippen molar-refractivity contribution in [3.05, 3.63) is 53.7 Å². The Balaban J connectivity index is 2.23. The van der Waals surface area contributed by atoms with E-state index in [2.05, 4.69) is 10.3 Å². The average molecular weight is 256 g/mol. The molecule has 0 spiro atoms. The summed E-state index contributed by atoms with van der Waals surface area (Å²) in [5, 5.41) is 3.18. The lowest BCUT2D eigenvalue weighted by atomic mass is 10.1. The molecule has 5 nitrogen and oxygen atoms in total. The van der Waals surface area contributed by atoms with Crippen LogP contribution >= 0.6 is 0 Å². The molecule has 1 amide bonds. The van der Waals surface area contributed by atoms with E-state index >= 15 is 0 Å². The number of rotatable bonds is 4. The van der Waals surface area contributed by atoms with Crippen molar-refractivity contribution < 1.29 is 4.79 Å². The number of benzene rings is 1. The SMILES string of the molecule is CC(Nc1nc(C(N)=O)ccc1N)c1ccccc1. The van der Waals surface area contributed by atoms with Gasteiger partial charge in [0, 0.05) is 0 Å². The second-order valence-corrected chi connectivity index (χ2v) is 4.28. The summed E-state index contributed by atoms with van der Waals surface area (Å²) < 4.78 is 0. The number of primary amides is 1. The summed E-state index contributed by atoms with van der Waals surface area (Å²) in [6.45, 7) is 1.99. The third-order valence-corrected chi connectivity index (χ3v) is 2.83. The molecule has 0 aliphatic heterocycles. The molecular formula is C14H16N4O. The number of nitrogens with one attached hydrogen (secondary N) is 1. The van der Waals surface area contributed by atoms with Gasteiger partial charge in [-0.1, -0.05) is 30.3 Å². The van der Waals surface area contributed by atoms with Gasteiger partial charge in [-0.05, 0) is 24.6 Å². The summed E-state index contributed by atoms with van der Waals surface area (Å²) in [6.07, 6.45) is 0. The van der Waals surface area contributed by atoms with Gasteiger partial charge >= 0.3 is 0 Å². The Kier molecular flexibility index (Phi) is 3.66. The maximum atomic E-state index is 11.1. The zero-order valence-electron chi connectivity index (χ0n) is 10.6. The molecule has 2 aromatic rings. The summed E-state index contributed by atoms with van der Waals surface area (Å²) in [4.78, 5) is 15.2. The number of aromatic nitrogens is 1. The molecule has 1 unspecified atom stereocenters. The number of nitrogens with two attached hydrogens (primary N) is 2. The fraction of sp³-hybridized carbons (Fsp3) is 0.143. The number of carbonyl (C=O) groups is 1. The van der Waals surface area contributed by atoms with E-state index in [1.165, 1.54) is 6.07 Å². The van der Waals surface area contributed by atoms with Crippen LogP contribution in [0.4, 0.5) is 11.5 Å². The van der Waals surface area contributed by atoms with Gasteiger partial charge in [0.05, 0.1) is 11.7 Å². The zero-order chi connectivity index (χ0) is 13.8. The molecule has 5 N–H and O–H groups in total. The Morgan fingerprint density at radius 3 is 2.53 bits per heavy atom. The van der Waals surface area contributed by atoms with Crippen molar-refractivity contribution in [3.8, 4) is 0 Å². The molecule has 2 rings (SSSR count). The predicted molar refractivity (Wildman–Crippen MR) is 75.6 cm³/mol. The molecule has 0 aliphatic rings. The number of hydrogen-bond donors (Lipinski definition) is 3. The van der Waals surface area contributed by atoms with Crippen LogP contribution in [0.3, 0.4) is 0 Å². The summed E-state index contributed by atoms with van der Waals surface area (Å²) in [6, 6.07) is 13.0. The fourth-order valence-corrected chi connectivity index (χ4v) is 1.75. The average Bonchev–Trinajstić information content (AvgIpc) is 2.42. The highest BCUT2D eigenvalue weighted by Crippen LogP contribution is 2.22. The highest BCUT2D eigenvalue weighted by molar-refractivity contribution is 5.91. The molecule has 1 atom stereocenters. The van der Waals surface area contributed by atoms with Crippen LogP contribution in [-0.2, 0) is 0 Å². The van der Waals surface area contributed by atoms with Crippen molar-refractivity contribution in [2.45, 2.75) is 13.0 Å². The van der Waals surface area contributed by atoms with E-state index < -0.39 is 5.91 Å². The van der Waals surface area contributed by atoms with Gasteiger partial charge in [0.15, 0.2) is 5.82 Å². The molecule has 0 bridgehead atoms. The molecule has 1 heterocycles. The van der Waals surface area contributed by atoms with Gasteiger partial charge in [-0.3, -0.25) is 4.79 Å². The number of carbonyl (C=O) groups excluding carboxylic acids is 1. The quantitative estimate of drug-likeness (QED) is 0.779. The highest BCUT2D eigenvalue weighted by Gasteiger charge is 2.10. The van der Waals surface area contributed by atoms with Gasteiger partial charge in [0.1, 0.15) is 5.69 Å². The summed E-state index contributed by atoms with van der Waals surface area (Å²) in [5.41, 5.74) is 12.8. The fourth-order valence-electron chi connectivity index (χ4n) is 1.75. The predicted octanol–water partition coefficient (Wildman–Crippen LogP) is 1.94. The Hall–Kier alpha value is -2.56. The molecule has 1 aromatic heterocycles. The Bertz CT molecular complexity index is 583. The van der Waals surface area contributed by atoms with Gasteiger partial charge in [-0.15, -0.1) is 0 Å². The van der Waals surface area contributed by atoms with Crippen LogP contribution < -0.4 is 16.8 Å². The van der Waals surface area contributed by atoms with Crippen molar-refractivity contribution in [1.29, 1.82) is 0 Å². The Labute approximate surface area is 111 Å². The Morgan fingerprint density at radius 1 is 1.21 bits per heavy atom. The van der Waals surface area contributed by atoms with Gasteiger partial charge in [0.25, 0.3) is 5.91 Å². The van der Waals surface area contributed by atoms with Gasteiger partial charge in [-0.25, -0.2) is 4.98 Å². The van der Waals surface area contributed by atoms with Gasteiger partial charge < -0.3 is 16.8 Å². The third kappa shape index (κ3) is 3.01. The first-order valence-corrected chi connectivity index (χ1v) is 5.95. The van der Waals surface area contributed by atoms with Crippen LogP contribution in [0.5, 0.6) is 0 Å². The number of pyridine rings is 1. The summed E-state index contributed by atoms with van der Waals surface area (Å²) in [7, 11) is 0. The first-order chi connectivity index (χ1) is 9.08. The maximum absolute atomic E-state index is 11.1. The summed E-state index contributed by atoms with van der Waals surface area (Å²) >= 11 is 0. The van der Waals surface area contributed by atoms with Gasteiger partial charge in [-0.2, -0.15) is 0 Å². The van der Waals surface area contributed by atoms with Crippen LogP contribution in [0.15, 0.2) is 42.5 Å². The number of amides is 1. The van der Waals surface area contributed by atoms with Crippen molar-refractivity contribution in [1.82, 2.24) is 4.98 Å². The minimum atomic E-state index is -0.574. The topological polar surface area (TPSA) is 94.0 Å². The molecule has 19 heavy (non-hydrogen) atoms. The number of hydrogen-bond acceptors (Lipinski definition) is 4. The number of anilines is 2. The van der Waals surface area contributed by atoms with Crippen LogP contribution in [0.2, 0.25) is 0 Å². The van der Waals surface area contributed by atoms with E-state index in [0.29, 0.717) is 11.5 Å². The molecule has 0 saturated carbocycles. The highest BCUT2D eigenvalue weighted by atomic mass is 16.1. The van der Waals surface area contributed by atoms with Crippen molar-refractivity contribution in [3.63, 3.8) is 0 Å². The first-order valence-electron chi connectivity index (χ1n) is 5.95. The van der Waals surface area contributed by atoms with Crippen molar-refractivity contribution in [2.24, 2.45) is 5.73 Å². The van der Waals surface area contributed by atoms with E-state index in [0.717, 1.165) is 5.56 Å². The van der Waals surface area contributed by atoms with Crippen LogP contribution in [0, 0.1) is 0 Å². The molecule has 0 radical (unpaired) electrons. The minimum absolute atomic E-state index is 0.0270. The molecular weight excluding hydrogens is 240 g/mol. The lowest BCUT2D eigenvalue weighted by molar-refractivity contribution is 0.0995. The monoisotopic (exact) mass is 256 g/mol. The standard InChI is InChI=1S/C14H16N4O/c1-9(10-5-3-2-4-6-10)17-14-11(15)7-8-12(18-14)13(16)19/h2-9H,15H2,1H3,(H2,16,19)(H,17,18). The molecule has 1 aromatic carbocycles. The largest absolute Gasteiger partial charge is 0.396 e. The van der Waals surface area contributed by atoms with Crippen molar-refractivity contribution >= 4 is 17.4 Å². The lowest BCUT2D eigenvalue weighted by Gasteiger charge is -2.16. The number of nitrogens with zero attached hydrogens (tertiary/aromatic N) is 1. The molecule has 0 saturated heterocycles. The third-order valence-electron chi connectivity index (χ3n) is 2.83. The zero-order valence-corrected chi connectivity index (χ0v) is 10.6. The smallest absolute Gasteiger partial charge is 0.267 e. The molecule has 98 valence electrons. The van der Waals surface area contributed by atoms with E-state index in [1.807, 2.05) is 37.3 Å². The second kappa shape index (κ2) is 5.39. The summed E-state index contributed by atoms with van der Waals surface area (Å²) in [5.74, 6) is -0.108. The first kappa shape index (κ1) is 12.9. The van der Waals surface area contributed by atoms with Gasteiger partial charge in [0.2, 0.25) is 0 Å². The second-order valence-electron chi connectivity index (χ2n) is 4.28. The number of nitrogen functional groups attached to an aromatic ring is 1. The lowest BCUT2D eigenvalue weighted by Crippen LogP contribution is -2.16. The Morgan fingerprint density at radius 2 is 1.89 bits per heavy atom. The van der Waals surface area contributed by atoms with Crippen molar-refractivity contribution in [2.75, 3.05) is 11.1 Å². The normalized spacial score (nSPS) is 11.8. The van der Waals surface area contributed by atoms with Crippen LogP contribution in [-0.4, -0.2) is 10.9 Å². The maximum Gasteiger partial charge on any atom is 0.267 e. The van der Waals surface area contributed by atoms with Crippen LogP contribution in [0.1, 0.15) is 29.0 Å². The van der Waals surface area contributed by atoms with E-state index in [1.54, 1.807) is 6.07 Å². The van der Waals surface area contributed by atoms with E-state index in [9.17, 15) is 4.79 Å². The molecule has 5 heteroatoms. The van der Waals surface area contributed by atoms with E-state index in [-0.39, 0.29) is 11.7 Å². The minimum Gasteiger partial charge on any atom is -0.396 e. The van der Waals surface area contributed by atoms with Crippen LogP contribution in [0.25, 0.3) is 0 Å². The molecule has 0 aliphatic carbocycles. The van der Waals surface area contributed by atoms with E-state index in [4.69, 9.17) is 11.5 Å². The molecule has 0 fully saturated rings.